The lowest BCUT2D eigenvalue weighted by Crippen LogP contribution is -2.38. The van der Waals surface area contributed by atoms with Crippen LogP contribution in [0.2, 0.25) is 5.15 Å². The first-order valence-corrected chi connectivity index (χ1v) is 8.15. The molecule has 1 atom stereocenters. The van der Waals surface area contributed by atoms with Crippen LogP contribution < -0.4 is 5.32 Å². The maximum atomic E-state index is 12.2. The Labute approximate surface area is 123 Å². The molecular formula is C14H19ClN2OS. The second-order valence-corrected chi connectivity index (χ2v) is 6.68. The van der Waals surface area contributed by atoms with Gasteiger partial charge in [0.05, 0.1) is 0 Å². The molecule has 5 heteroatoms. The summed E-state index contributed by atoms with van der Waals surface area (Å²) in [6.07, 6.45) is 2.23. The van der Waals surface area contributed by atoms with Crippen molar-refractivity contribution >= 4 is 29.3 Å². The molecule has 1 aliphatic heterocycles. The van der Waals surface area contributed by atoms with Gasteiger partial charge in [0.25, 0.3) is 5.91 Å². The molecule has 2 heterocycles. The first-order valence-electron chi connectivity index (χ1n) is 6.62. The van der Waals surface area contributed by atoms with E-state index in [4.69, 9.17) is 11.6 Å². The molecule has 3 nitrogen and oxygen atoms in total. The fraction of sp³-hybridized carbons (Fsp3) is 0.571. The molecule has 19 heavy (non-hydrogen) atoms. The van der Waals surface area contributed by atoms with Crippen molar-refractivity contribution in [3.05, 3.63) is 28.5 Å². The zero-order valence-corrected chi connectivity index (χ0v) is 12.9. The lowest BCUT2D eigenvalue weighted by molar-refractivity contribution is 0.0938. The molecule has 0 bridgehead atoms. The van der Waals surface area contributed by atoms with E-state index in [1.54, 1.807) is 6.07 Å². The van der Waals surface area contributed by atoms with Crippen molar-refractivity contribution in [3.63, 3.8) is 0 Å². The molecule has 0 spiro atoms. The second kappa shape index (κ2) is 6.62. The quantitative estimate of drug-likeness (QED) is 0.869. The van der Waals surface area contributed by atoms with E-state index in [2.05, 4.69) is 10.3 Å². The topological polar surface area (TPSA) is 42.0 Å². The molecule has 0 saturated carbocycles. The summed E-state index contributed by atoms with van der Waals surface area (Å²) in [4.78, 5) is 16.5. The van der Waals surface area contributed by atoms with Crippen LogP contribution in [-0.4, -0.2) is 28.4 Å². The Morgan fingerprint density at radius 3 is 2.95 bits per heavy atom. The minimum Gasteiger partial charge on any atom is -0.348 e. The van der Waals surface area contributed by atoms with Crippen molar-refractivity contribution in [1.29, 1.82) is 0 Å². The van der Waals surface area contributed by atoms with Crippen LogP contribution in [0.1, 0.15) is 48.7 Å². The van der Waals surface area contributed by atoms with Crippen molar-refractivity contribution in [2.75, 3.05) is 11.5 Å². The highest BCUT2D eigenvalue weighted by Crippen LogP contribution is 2.20. The lowest BCUT2D eigenvalue weighted by Gasteiger charge is -2.22. The Hall–Kier alpha value is -0.740. The van der Waals surface area contributed by atoms with Gasteiger partial charge in [0.2, 0.25) is 0 Å². The summed E-state index contributed by atoms with van der Waals surface area (Å²) in [7, 11) is 0. The van der Waals surface area contributed by atoms with Crippen molar-refractivity contribution < 1.29 is 4.79 Å². The number of hydrogen-bond acceptors (Lipinski definition) is 3. The monoisotopic (exact) mass is 298 g/mol. The minimum absolute atomic E-state index is 0.0429. The maximum absolute atomic E-state index is 12.2. The van der Waals surface area contributed by atoms with Gasteiger partial charge in [-0.25, -0.2) is 4.98 Å². The average molecular weight is 299 g/mol. The number of amides is 1. The Morgan fingerprint density at radius 2 is 2.32 bits per heavy atom. The first-order chi connectivity index (χ1) is 9.06. The number of rotatable bonds is 3. The van der Waals surface area contributed by atoms with E-state index < -0.39 is 0 Å². The SMILES string of the molecule is CC(C)c1cc(C(=O)NC2CCCSC2)cc(Cl)n1. The number of nitrogens with one attached hydrogen (secondary N) is 1. The summed E-state index contributed by atoms with van der Waals surface area (Å²) in [6.45, 7) is 4.08. The van der Waals surface area contributed by atoms with E-state index in [0.717, 1.165) is 17.9 Å². The van der Waals surface area contributed by atoms with Gasteiger partial charge in [-0.2, -0.15) is 11.8 Å². The molecule has 0 radical (unpaired) electrons. The number of halogens is 1. The van der Waals surface area contributed by atoms with Crippen molar-refractivity contribution in [1.82, 2.24) is 10.3 Å². The highest BCUT2D eigenvalue weighted by molar-refractivity contribution is 7.99. The molecule has 0 aromatic carbocycles. The van der Waals surface area contributed by atoms with Gasteiger partial charge >= 0.3 is 0 Å². The number of thioether (sulfide) groups is 1. The van der Waals surface area contributed by atoms with Gasteiger partial charge in [-0.15, -0.1) is 0 Å². The number of carbonyl (C=O) groups excluding carboxylic acids is 1. The molecule has 1 unspecified atom stereocenters. The molecule has 1 aliphatic rings. The summed E-state index contributed by atoms with van der Waals surface area (Å²) >= 11 is 7.88. The first kappa shape index (κ1) is 14.7. The van der Waals surface area contributed by atoms with Crippen LogP contribution in [0.3, 0.4) is 0 Å². The number of hydrogen-bond donors (Lipinski definition) is 1. The standard InChI is InChI=1S/C14H19ClN2OS/c1-9(2)12-6-10(7-13(15)17-12)14(18)16-11-4-3-5-19-8-11/h6-7,9,11H,3-5,8H2,1-2H3,(H,16,18). The van der Waals surface area contributed by atoms with Crippen LogP contribution in [0.4, 0.5) is 0 Å². The number of pyridine rings is 1. The Kier molecular flexibility index (Phi) is 5.11. The normalized spacial score (nSPS) is 19.5. The fourth-order valence-electron chi connectivity index (χ4n) is 2.07. The van der Waals surface area contributed by atoms with E-state index in [1.807, 2.05) is 31.7 Å². The van der Waals surface area contributed by atoms with Crippen LogP contribution in [0, 0.1) is 0 Å². The third-order valence-corrected chi connectivity index (χ3v) is 4.57. The molecular weight excluding hydrogens is 280 g/mol. The zero-order chi connectivity index (χ0) is 13.8. The van der Waals surface area contributed by atoms with Crippen molar-refractivity contribution in [3.8, 4) is 0 Å². The molecule has 2 rings (SSSR count). The number of nitrogens with zero attached hydrogens (tertiary/aromatic N) is 1. The molecule has 0 aliphatic carbocycles. The number of carbonyl (C=O) groups is 1. The van der Waals surface area contributed by atoms with E-state index >= 15 is 0 Å². The lowest BCUT2D eigenvalue weighted by atomic mass is 10.1. The molecule has 1 aromatic heterocycles. The Morgan fingerprint density at radius 1 is 1.53 bits per heavy atom. The van der Waals surface area contributed by atoms with Gasteiger partial charge in [-0.3, -0.25) is 4.79 Å². The van der Waals surface area contributed by atoms with Gasteiger partial charge < -0.3 is 5.32 Å². The summed E-state index contributed by atoms with van der Waals surface area (Å²) in [5, 5.41) is 3.47. The van der Waals surface area contributed by atoms with Gasteiger partial charge in [0.1, 0.15) is 5.15 Å². The smallest absolute Gasteiger partial charge is 0.251 e. The minimum atomic E-state index is -0.0429. The van der Waals surface area contributed by atoms with Gasteiger partial charge in [0.15, 0.2) is 0 Å². The zero-order valence-electron chi connectivity index (χ0n) is 11.3. The van der Waals surface area contributed by atoms with E-state index in [-0.39, 0.29) is 17.9 Å². The molecule has 1 aromatic rings. The van der Waals surface area contributed by atoms with Gasteiger partial charge in [-0.1, -0.05) is 25.4 Å². The molecule has 104 valence electrons. The van der Waals surface area contributed by atoms with Crippen LogP contribution in [-0.2, 0) is 0 Å². The number of aromatic nitrogens is 1. The van der Waals surface area contributed by atoms with Crippen LogP contribution in [0.5, 0.6) is 0 Å². The van der Waals surface area contributed by atoms with E-state index in [9.17, 15) is 4.79 Å². The fourth-order valence-corrected chi connectivity index (χ4v) is 3.35. The van der Waals surface area contributed by atoms with Crippen LogP contribution >= 0.6 is 23.4 Å². The van der Waals surface area contributed by atoms with Crippen molar-refractivity contribution in [2.24, 2.45) is 0 Å². The van der Waals surface area contributed by atoms with E-state index in [1.165, 1.54) is 12.2 Å². The molecule has 1 fully saturated rings. The van der Waals surface area contributed by atoms with Crippen molar-refractivity contribution in [2.45, 2.75) is 38.6 Å². The predicted molar refractivity (Wildman–Crippen MR) is 81.1 cm³/mol. The summed E-state index contributed by atoms with van der Waals surface area (Å²) in [5.74, 6) is 2.42. The highest BCUT2D eigenvalue weighted by Gasteiger charge is 2.18. The maximum Gasteiger partial charge on any atom is 0.251 e. The molecule has 1 saturated heterocycles. The third kappa shape index (κ3) is 4.11. The van der Waals surface area contributed by atoms with E-state index in [0.29, 0.717) is 10.7 Å². The predicted octanol–water partition coefficient (Wildman–Crippen LogP) is 3.48. The second-order valence-electron chi connectivity index (χ2n) is 5.15. The van der Waals surface area contributed by atoms with Crippen LogP contribution in [0.25, 0.3) is 0 Å². The summed E-state index contributed by atoms with van der Waals surface area (Å²) in [6, 6.07) is 3.75. The molecule has 1 N–H and O–H groups in total. The summed E-state index contributed by atoms with van der Waals surface area (Å²) in [5.41, 5.74) is 1.47. The van der Waals surface area contributed by atoms with Gasteiger partial charge in [0, 0.05) is 23.1 Å². The Balaban J connectivity index is 2.09. The highest BCUT2D eigenvalue weighted by atomic mass is 35.5. The average Bonchev–Trinajstić information content (AvgIpc) is 2.39. The molecule has 1 amide bonds. The van der Waals surface area contributed by atoms with Crippen LogP contribution in [0.15, 0.2) is 12.1 Å². The Bertz CT molecular complexity index is 459. The third-order valence-electron chi connectivity index (χ3n) is 3.16. The largest absolute Gasteiger partial charge is 0.348 e. The summed E-state index contributed by atoms with van der Waals surface area (Å²) < 4.78 is 0. The van der Waals surface area contributed by atoms with Gasteiger partial charge in [-0.05, 0) is 36.6 Å².